The van der Waals surface area contributed by atoms with E-state index in [0.717, 1.165) is 38.5 Å². The molecule has 0 spiro atoms. The van der Waals surface area contributed by atoms with Crippen LogP contribution in [0.5, 0.6) is 0 Å². The lowest BCUT2D eigenvalue weighted by Gasteiger charge is -2.16. The first-order valence-electron chi connectivity index (χ1n) is 5.67. The molecule has 0 bridgehead atoms. The summed E-state index contributed by atoms with van der Waals surface area (Å²) in [5.41, 5.74) is -0.133. The summed E-state index contributed by atoms with van der Waals surface area (Å²) in [6, 6.07) is 0. The van der Waals surface area contributed by atoms with Crippen LogP contribution in [0.15, 0.2) is 0 Å². The molecule has 0 aromatic carbocycles. The van der Waals surface area contributed by atoms with E-state index >= 15 is 0 Å². The van der Waals surface area contributed by atoms with Gasteiger partial charge in [0.25, 0.3) is 0 Å². The molecule has 0 radical (unpaired) electrons. The zero-order chi connectivity index (χ0) is 10.9. The summed E-state index contributed by atoms with van der Waals surface area (Å²) in [4.78, 5) is 0. The Balaban J connectivity index is 1.87. The van der Waals surface area contributed by atoms with Gasteiger partial charge < -0.3 is 5.11 Å². The van der Waals surface area contributed by atoms with Crippen LogP contribution in [0, 0.1) is 5.41 Å². The average molecular weight is 233 g/mol. The molecule has 2 N–H and O–H groups in total. The Hall–Kier alpha value is -0.130. The number of hydrogen-bond donors (Lipinski definition) is 2. The van der Waals surface area contributed by atoms with Crippen LogP contribution >= 0.6 is 0 Å². The lowest BCUT2D eigenvalue weighted by atomic mass is 10.1. The Kier molecular flexibility index (Phi) is 3.05. The smallest absolute Gasteiger partial charge is 0.214 e. The fourth-order valence-electron chi connectivity index (χ4n) is 2.14. The van der Waals surface area contributed by atoms with Gasteiger partial charge in [0.1, 0.15) is 0 Å². The minimum absolute atomic E-state index is 0.0974. The van der Waals surface area contributed by atoms with Gasteiger partial charge in [-0.25, -0.2) is 13.1 Å². The fourth-order valence-corrected chi connectivity index (χ4v) is 3.83. The number of hydrogen-bond acceptors (Lipinski definition) is 3. The Morgan fingerprint density at radius 3 is 2.33 bits per heavy atom. The maximum absolute atomic E-state index is 11.8. The first kappa shape index (κ1) is 11.4. The molecule has 0 aromatic heterocycles. The molecule has 0 aromatic rings. The second-order valence-corrected chi connectivity index (χ2v) is 6.98. The highest BCUT2D eigenvalue weighted by Crippen LogP contribution is 2.44. The highest BCUT2D eigenvalue weighted by molar-refractivity contribution is 7.90. The lowest BCUT2D eigenvalue weighted by Crippen LogP contribution is -2.37. The van der Waals surface area contributed by atoms with Gasteiger partial charge >= 0.3 is 0 Å². The van der Waals surface area contributed by atoms with E-state index in [2.05, 4.69) is 4.72 Å². The van der Waals surface area contributed by atoms with Gasteiger partial charge in [0, 0.05) is 18.6 Å². The Bertz CT molecular complexity index is 316. The summed E-state index contributed by atoms with van der Waals surface area (Å²) in [6.07, 6.45) is 5.52. The molecule has 2 aliphatic rings. The molecule has 88 valence electrons. The summed E-state index contributed by atoms with van der Waals surface area (Å²) < 4.78 is 26.3. The SMILES string of the molecule is O=S(=O)(NCC1(CO)CC1)C1CCCC1. The summed E-state index contributed by atoms with van der Waals surface area (Å²) in [7, 11) is -3.12. The molecule has 5 heteroatoms. The van der Waals surface area contributed by atoms with E-state index in [1.807, 2.05) is 0 Å². The maximum atomic E-state index is 11.8. The minimum atomic E-state index is -3.12. The molecule has 0 saturated heterocycles. The largest absolute Gasteiger partial charge is 0.396 e. The third-order valence-corrected chi connectivity index (χ3v) is 5.58. The molecule has 0 heterocycles. The van der Waals surface area contributed by atoms with Crippen LogP contribution in [-0.4, -0.2) is 31.9 Å². The molecule has 0 amide bonds. The zero-order valence-corrected chi connectivity index (χ0v) is 9.72. The average Bonchev–Trinajstić information content (AvgIpc) is 2.77. The first-order chi connectivity index (χ1) is 7.08. The van der Waals surface area contributed by atoms with E-state index in [9.17, 15) is 8.42 Å². The van der Waals surface area contributed by atoms with Crippen LogP contribution in [0.3, 0.4) is 0 Å². The highest BCUT2D eigenvalue weighted by atomic mass is 32.2. The van der Waals surface area contributed by atoms with Gasteiger partial charge in [-0.05, 0) is 25.7 Å². The Morgan fingerprint density at radius 1 is 1.27 bits per heavy atom. The van der Waals surface area contributed by atoms with Crippen LogP contribution < -0.4 is 4.72 Å². The van der Waals surface area contributed by atoms with Crippen molar-refractivity contribution in [3.63, 3.8) is 0 Å². The molecule has 0 atom stereocenters. The van der Waals surface area contributed by atoms with Crippen LogP contribution in [0.2, 0.25) is 0 Å². The van der Waals surface area contributed by atoms with Crippen molar-refractivity contribution in [2.24, 2.45) is 5.41 Å². The molecule has 2 aliphatic carbocycles. The molecule has 0 unspecified atom stereocenters. The predicted octanol–water partition coefficient (Wildman–Crippen LogP) is 0.621. The van der Waals surface area contributed by atoms with E-state index in [0.29, 0.717) is 6.54 Å². The molecule has 0 aliphatic heterocycles. The van der Waals surface area contributed by atoms with E-state index in [1.165, 1.54) is 0 Å². The zero-order valence-electron chi connectivity index (χ0n) is 8.91. The van der Waals surface area contributed by atoms with E-state index < -0.39 is 10.0 Å². The summed E-state index contributed by atoms with van der Waals surface area (Å²) >= 11 is 0. The molecule has 15 heavy (non-hydrogen) atoms. The quantitative estimate of drug-likeness (QED) is 0.731. The van der Waals surface area contributed by atoms with E-state index in [4.69, 9.17) is 5.11 Å². The Morgan fingerprint density at radius 2 is 1.87 bits per heavy atom. The van der Waals surface area contributed by atoms with Crippen molar-refractivity contribution >= 4 is 10.0 Å². The topological polar surface area (TPSA) is 66.4 Å². The third kappa shape index (κ3) is 2.52. The lowest BCUT2D eigenvalue weighted by molar-refractivity contribution is 0.213. The predicted molar refractivity (Wildman–Crippen MR) is 57.9 cm³/mol. The van der Waals surface area contributed by atoms with Gasteiger partial charge in [-0.1, -0.05) is 12.8 Å². The molecular formula is C10H19NO3S. The molecule has 2 saturated carbocycles. The van der Waals surface area contributed by atoms with Gasteiger partial charge in [-0.2, -0.15) is 0 Å². The molecule has 2 fully saturated rings. The number of aliphatic hydroxyl groups excluding tert-OH is 1. The maximum Gasteiger partial charge on any atom is 0.214 e. The number of sulfonamides is 1. The monoisotopic (exact) mass is 233 g/mol. The number of nitrogens with one attached hydrogen (secondary N) is 1. The second-order valence-electron chi connectivity index (χ2n) is 4.93. The van der Waals surface area contributed by atoms with Crippen molar-refractivity contribution in [1.29, 1.82) is 0 Å². The van der Waals surface area contributed by atoms with Gasteiger partial charge in [-0.15, -0.1) is 0 Å². The summed E-state index contributed by atoms with van der Waals surface area (Å²) in [6.45, 7) is 0.516. The van der Waals surface area contributed by atoms with Crippen LogP contribution in [0.25, 0.3) is 0 Å². The van der Waals surface area contributed by atoms with Gasteiger partial charge in [0.15, 0.2) is 0 Å². The van der Waals surface area contributed by atoms with Crippen molar-refractivity contribution in [3.8, 4) is 0 Å². The van der Waals surface area contributed by atoms with Crippen molar-refractivity contribution < 1.29 is 13.5 Å². The number of rotatable bonds is 5. The molecule has 4 nitrogen and oxygen atoms in total. The standard InChI is InChI=1S/C10H19NO3S/c12-8-10(5-6-10)7-11-15(13,14)9-3-1-2-4-9/h9,11-12H,1-8H2. The van der Waals surface area contributed by atoms with Gasteiger partial charge in [-0.3, -0.25) is 0 Å². The third-order valence-electron chi connectivity index (χ3n) is 3.68. The highest BCUT2D eigenvalue weighted by Gasteiger charge is 2.43. The van der Waals surface area contributed by atoms with Crippen LogP contribution in [0.4, 0.5) is 0 Å². The first-order valence-corrected chi connectivity index (χ1v) is 7.22. The van der Waals surface area contributed by atoms with Gasteiger partial charge in [0.05, 0.1) is 5.25 Å². The normalized spacial score (nSPS) is 25.7. The van der Waals surface area contributed by atoms with E-state index in [1.54, 1.807) is 0 Å². The number of aliphatic hydroxyl groups is 1. The Labute approximate surface area is 91.1 Å². The van der Waals surface area contributed by atoms with E-state index in [-0.39, 0.29) is 17.3 Å². The van der Waals surface area contributed by atoms with Crippen molar-refractivity contribution in [2.45, 2.75) is 43.8 Å². The second kappa shape index (κ2) is 4.03. The van der Waals surface area contributed by atoms with Crippen molar-refractivity contribution in [1.82, 2.24) is 4.72 Å². The van der Waals surface area contributed by atoms with Crippen molar-refractivity contribution in [3.05, 3.63) is 0 Å². The minimum Gasteiger partial charge on any atom is -0.396 e. The van der Waals surface area contributed by atoms with Crippen molar-refractivity contribution in [2.75, 3.05) is 13.2 Å². The summed E-state index contributed by atoms with van der Waals surface area (Å²) in [5.74, 6) is 0. The van der Waals surface area contributed by atoms with Crippen LogP contribution in [-0.2, 0) is 10.0 Å². The molecule has 2 rings (SSSR count). The molecular weight excluding hydrogens is 214 g/mol. The summed E-state index contributed by atoms with van der Waals surface area (Å²) in [5, 5.41) is 8.90. The van der Waals surface area contributed by atoms with Gasteiger partial charge in [0.2, 0.25) is 10.0 Å². The van der Waals surface area contributed by atoms with Crippen LogP contribution in [0.1, 0.15) is 38.5 Å². The fraction of sp³-hybridized carbons (Fsp3) is 1.00.